The maximum atomic E-state index is 12.8. The fourth-order valence-corrected chi connectivity index (χ4v) is 1.38. The van der Waals surface area contributed by atoms with Crippen LogP contribution in [-0.2, 0) is 11.2 Å². The number of carbonyl (C=O) groups excluding carboxylic acids is 1. The second-order valence-electron chi connectivity index (χ2n) is 3.55. The highest BCUT2D eigenvalue weighted by Crippen LogP contribution is 2.03. The van der Waals surface area contributed by atoms with E-state index in [2.05, 4.69) is 10.6 Å². The van der Waals surface area contributed by atoms with E-state index in [4.69, 9.17) is 0 Å². The average molecular weight is 224 g/mol. The fourth-order valence-electron chi connectivity index (χ4n) is 1.38. The molecule has 0 aliphatic rings. The lowest BCUT2D eigenvalue weighted by Gasteiger charge is -2.04. The highest BCUT2D eigenvalue weighted by Gasteiger charge is 1.97. The zero-order valence-corrected chi connectivity index (χ0v) is 9.42. The fraction of sp³-hybridized carbons (Fsp3) is 0.417. The van der Waals surface area contributed by atoms with Crippen molar-refractivity contribution in [3.63, 3.8) is 0 Å². The number of hydrogen-bond acceptors (Lipinski definition) is 2. The first-order valence-corrected chi connectivity index (χ1v) is 5.38. The van der Waals surface area contributed by atoms with Gasteiger partial charge in [0.2, 0.25) is 5.91 Å². The van der Waals surface area contributed by atoms with Gasteiger partial charge in [-0.3, -0.25) is 4.79 Å². The van der Waals surface area contributed by atoms with Crippen LogP contribution in [0.5, 0.6) is 0 Å². The van der Waals surface area contributed by atoms with Crippen LogP contribution in [-0.4, -0.2) is 26.0 Å². The molecule has 1 rings (SSSR count). The zero-order chi connectivity index (χ0) is 11.8. The molecule has 0 fully saturated rings. The van der Waals surface area contributed by atoms with Crippen molar-refractivity contribution in [1.29, 1.82) is 0 Å². The number of rotatable bonds is 6. The molecule has 0 radical (unpaired) electrons. The maximum absolute atomic E-state index is 12.8. The molecule has 4 heteroatoms. The van der Waals surface area contributed by atoms with E-state index in [1.54, 1.807) is 13.1 Å². The van der Waals surface area contributed by atoms with Crippen LogP contribution in [0.2, 0.25) is 0 Å². The molecular weight excluding hydrogens is 207 g/mol. The summed E-state index contributed by atoms with van der Waals surface area (Å²) in [5.41, 5.74) is 0.965. The second kappa shape index (κ2) is 6.95. The predicted octanol–water partition coefficient (Wildman–Crippen LogP) is 1.09. The van der Waals surface area contributed by atoms with E-state index >= 15 is 0 Å². The van der Waals surface area contributed by atoms with Gasteiger partial charge < -0.3 is 10.6 Å². The van der Waals surface area contributed by atoms with Crippen LogP contribution in [0.4, 0.5) is 4.39 Å². The molecule has 0 atom stereocenters. The van der Waals surface area contributed by atoms with Crippen LogP contribution in [0, 0.1) is 5.82 Å². The number of carbonyl (C=O) groups is 1. The third kappa shape index (κ3) is 4.89. The summed E-state index contributed by atoms with van der Waals surface area (Å²) in [4.78, 5) is 10.9. The predicted molar refractivity (Wildman–Crippen MR) is 61.7 cm³/mol. The van der Waals surface area contributed by atoms with Crippen molar-refractivity contribution in [2.75, 3.05) is 20.1 Å². The molecular formula is C12H17FN2O. The minimum Gasteiger partial charge on any atom is -0.359 e. The molecule has 0 unspecified atom stereocenters. The standard InChI is InChI=1S/C12H17FN2O/c1-14-12(16)6-8-15-7-5-10-3-2-4-11(13)9-10/h2-4,9,15H,5-8H2,1H3,(H,14,16). The summed E-state index contributed by atoms with van der Waals surface area (Å²) in [6.07, 6.45) is 1.24. The third-order valence-electron chi connectivity index (χ3n) is 2.29. The highest BCUT2D eigenvalue weighted by molar-refractivity contribution is 5.75. The van der Waals surface area contributed by atoms with Crippen molar-refractivity contribution in [2.24, 2.45) is 0 Å². The molecule has 0 aliphatic heterocycles. The number of nitrogens with one attached hydrogen (secondary N) is 2. The number of halogens is 1. The molecule has 0 aromatic heterocycles. The molecule has 1 aromatic carbocycles. The topological polar surface area (TPSA) is 41.1 Å². The maximum Gasteiger partial charge on any atom is 0.221 e. The first-order chi connectivity index (χ1) is 7.72. The van der Waals surface area contributed by atoms with Crippen molar-refractivity contribution in [3.8, 4) is 0 Å². The molecule has 0 aliphatic carbocycles. The van der Waals surface area contributed by atoms with Gasteiger partial charge in [-0.2, -0.15) is 0 Å². The van der Waals surface area contributed by atoms with E-state index in [1.165, 1.54) is 12.1 Å². The molecule has 0 bridgehead atoms. The Bertz CT molecular complexity index is 342. The number of amides is 1. The lowest BCUT2D eigenvalue weighted by Crippen LogP contribution is -2.25. The minimum atomic E-state index is -0.206. The molecule has 0 saturated carbocycles. The monoisotopic (exact) mass is 224 g/mol. The Morgan fingerprint density at radius 3 is 2.88 bits per heavy atom. The van der Waals surface area contributed by atoms with E-state index in [9.17, 15) is 9.18 Å². The van der Waals surface area contributed by atoms with Gasteiger partial charge in [-0.1, -0.05) is 12.1 Å². The Labute approximate surface area is 95.0 Å². The Balaban J connectivity index is 2.14. The first-order valence-electron chi connectivity index (χ1n) is 5.38. The Hall–Kier alpha value is -1.42. The summed E-state index contributed by atoms with van der Waals surface area (Å²) in [5, 5.41) is 5.69. The molecule has 0 saturated heterocycles. The molecule has 2 N–H and O–H groups in total. The van der Waals surface area contributed by atoms with Gasteiger partial charge in [-0.15, -0.1) is 0 Å². The molecule has 88 valence electrons. The van der Waals surface area contributed by atoms with Gasteiger partial charge in [0.15, 0.2) is 0 Å². The van der Waals surface area contributed by atoms with Gasteiger partial charge >= 0.3 is 0 Å². The minimum absolute atomic E-state index is 0.0262. The Kier molecular flexibility index (Phi) is 5.50. The van der Waals surface area contributed by atoms with E-state index in [1.807, 2.05) is 6.07 Å². The summed E-state index contributed by atoms with van der Waals surface area (Å²) < 4.78 is 12.8. The lowest BCUT2D eigenvalue weighted by atomic mass is 10.1. The lowest BCUT2D eigenvalue weighted by molar-refractivity contribution is -0.120. The van der Waals surface area contributed by atoms with E-state index in [-0.39, 0.29) is 11.7 Å². The average Bonchev–Trinajstić information content (AvgIpc) is 2.28. The van der Waals surface area contributed by atoms with Crippen LogP contribution >= 0.6 is 0 Å². The highest BCUT2D eigenvalue weighted by atomic mass is 19.1. The second-order valence-corrected chi connectivity index (χ2v) is 3.55. The number of hydrogen-bond donors (Lipinski definition) is 2. The van der Waals surface area contributed by atoms with E-state index in [0.717, 1.165) is 18.5 Å². The summed E-state index contributed by atoms with van der Waals surface area (Å²) in [7, 11) is 1.62. The summed E-state index contributed by atoms with van der Waals surface area (Å²) in [6, 6.07) is 6.56. The molecule has 16 heavy (non-hydrogen) atoms. The first kappa shape index (κ1) is 12.6. The van der Waals surface area contributed by atoms with Gasteiger partial charge in [0.05, 0.1) is 0 Å². The smallest absolute Gasteiger partial charge is 0.221 e. The van der Waals surface area contributed by atoms with Crippen LogP contribution in [0.25, 0.3) is 0 Å². The largest absolute Gasteiger partial charge is 0.359 e. The normalized spacial score (nSPS) is 10.1. The van der Waals surface area contributed by atoms with Crippen molar-refractivity contribution in [3.05, 3.63) is 35.6 Å². The summed E-state index contributed by atoms with van der Waals surface area (Å²) in [5.74, 6) is -0.180. The van der Waals surface area contributed by atoms with Crippen molar-refractivity contribution < 1.29 is 9.18 Å². The van der Waals surface area contributed by atoms with Gasteiger partial charge in [0, 0.05) is 20.0 Å². The van der Waals surface area contributed by atoms with Crippen LogP contribution in [0.1, 0.15) is 12.0 Å². The van der Waals surface area contributed by atoms with Crippen LogP contribution in [0.3, 0.4) is 0 Å². The SMILES string of the molecule is CNC(=O)CCNCCc1cccc(F)c1. The quantitative estimate of drug-likeness (QED) is 0.710. The van der Waals surface area contributed by atoms with Crippen molar-refractivity contribution in [2.45, 2.75) is 12.8 Å². The van der Waals surface area contributed by atoms with E-state index in [0.29, 0.717) is 13.0 Å². The van der Waals surface area contributed by atoms with Crippen molar-refractivity contribution >= 4 is 5.91 Å². The summed E-state index contributed by atoms with van der Waals surface area (Å²) >= 11 is 0. The molecule has 3 nitrogen and oxygen atoms in total. The van der Waals surface area contributed by atoms with Crippen LogP contribution < -0.4 is 10.6 Å². The van der Waals surface area contributed by atoms with E-state index < -0.39 is 0 Å². The zero-order valence-electron chi connectivity index (χ0n) is 9.42. The van der Waals surface area contributed by atoms with Gasteiger partial charge in [-0.25, -0.2) is 4.39 Å². The van der Waals surface area contributed by atoms with Gasteiger partial charge in [0.25, 0.3) is 0 Å². The van der Waals surface area contributed by atoms with Crippen LogP contribution in [0.15, 0.2) is 24.3 Å². The molecule has 1 amide bonds. The van der Waals surface area contributed by atoms with Crippen molar-refractivity contribution in [1.82, 2.24) is 10.6 Å². The molecule has 1 aromatic rings. The Morgan fingerprint density at radius 1 is 1.38 bits per heavy atom. The van der Waals surface area contributed by atoms with Gasteiger partial charge in [0.1, 0.15) is 5.82 Å². The molecule has 0 spiro atoms. The molecule has 0 heterocycles. The number of benzene rings is 1. The Morgan fingerprint density at radius 2 is 2.19 bits per heavy atom. The van der Waals surface area contributed by atoms with Gasteiger partial charge in [-0.05, 0) is 30.7 Å². The summed E-state index contributed by atoms with van der Waals surface area (Å²) in [6.45, 7) is 1.40. The third-order valence-corrected chi connectivity index (χ3v) is 2.29.